The topological polar surface area (TPSA) is 61.0 Å². The molecule has 1 fully saturated rings. The molecule has 0 saturated heterocycles. The van der Waals surface area contributed by atoms with Gasteiger partial charge in [-0.25, -0.2) is 9.18 Å². The van der Waals surface area contributed by atoms with E-state index in [9.17, 15) is 9.18 Å². The molecule has 1 unspecified atom stereocenters. The molecule has 132 valence electrons. The molecule has 2 heterocycles. The Hall–Kier alpha value is -1.89. The van der Waals surface area contributed by atoms with Gasteiger partial charge in [0.2, 0.25) is 0 Å². The van der Waals surface area contributed by atoms with Crippen LogP contribution >= 0.6 is 15.9 Å². The minimum atomic E-state index is -0.350. The molecule has 7 heteroatoms. The minimum Gasteiger partial charge on any atom is -0.317 e. The Kier molecular flexibility index (Phi) is 4.27. The first-order chi connectivity index (χ1) is 12.0. The van der Waals surface area contributed by atoms with Crippen LogP contribution in [-0.2, 0) is 13.0 Å². The Morgan fingerprint density at radius 3 is 2.92 bits per heavy atom. The van der Waals surface area contributed by atoms with Crippen molar-refractivity contribution in [3.63, 3.8) is 0 Å². The summed E-state index contributed by atoms with van der Waals surface area (Å²) in [6, 6.07) is 4.38. The lowest BCUT2D eigenvalue weighted by atomic mass is 9.80. The number of nitrogens with zero attached hydrogens (tertiary/aromatic N) is 2. The molecular weight excluding hydrogens is 387 g/mol. The molecule has 5 nitrogen and oxygen atoms in total. The van der Waals surface area contributed by atoms with E-state index in [4.69, 9.17) is 0 Å². The Labute approximate surface area is 154 Å². The van der Waals surface area contributed by atoms with Crippen molar-refractivity contribution in [2.24, 2.45) is 0 Å². The summed E-state index contributed by atoms with van der Waals surface area (Å²) in [7, 11) is 0. The van der Waals surface area contributed by atoms with Crippen molar-refractivity contribution in [2.75, 3.05) is 5.32 Å². The fourth-order valence-electron chi connectivity index (χ4n) is 3.55. The molecule has 2 aliphatic rings. The molecule has 1 aliphatic carbocycles. The number of aromatic nitrogens is 2. The number of benzene rings is 1. The van der Waals surface area contributed by atoms with Crippen LogP contribution < -0.4 is 5.32 Å². The Balaban J connectivity index is 1.53. The van der Waals surface area contributed by atoms with Crippen LogP contribution in [0.3, 0.4) is 0 Å². The van der Waals surface area contributed by atoms with Crippen LogP contribution in [0.2, 0.25) is 0 Å². The maximum Gasteiger partial charge on any atom is 0.322 e. The van der Waals surface area contributed by atoms with E-state index in [0.717, 1.165) is 17.8 Å². The number of fused-ring (bicyclic) bond motifs is 1. The Morgan fingerprint density at radius 2 is 2.24 bits per heavy atom. The largest absolute Gasteiger partial charge is 0.322 e. The summed E-state index contributed by atoms with van der Waals surface area (Å²) < 4.78 is 13.7. The third-order valence-corrected chi connectivity index (χ3v) is 5.88. The number of anilines is 1. The van der Waals surface area contributed by atoms with Gasteiger partial charge in [-0.3, -0.25) is 5.10 Å². The van der Waals surface area contributed by atoms with Gasteiger partial charge in [0.05, 0.1) is 16.7 Å². The molecule has 0 bridgehead atoms. The number of hydrogen-bond acceptors (Lipinski definition) is 2. The van der Waals surface area contributed by atoms with Gasteiger partial charge in [-0.15, -0.1) is 0 Å². The standard InChI is InChI=1S/C18H20BrFN4O/c1-10-7-16-13(17(23-22-16)11-3-2-4-11)9-24(10)18(25)21-12-5-6-15(20)14(19)8-12/h5-6,8,10-11H,2-4,7,9H2,1H3,(H,21,25)(H,22,23). The zero-order valence-electron chi connectivity index (χ0n) is 14.0. The number of amides is 2. The second-order valence-electron chi connectivity index (χ2n) is 6.93. The van der Waals surface area contributed by atoms with E-state index >= 15 is 0 Å². The highest BCUT2D eigenvalue weighted by Crippen LogP contribution is 2.39. The highest BCUT2D eigenvalue weighted by Gasteiger charge is 2.33. The monoisotopic (exact) mass is 406 g/mol. The van der Waals surface area contributed by atoms with Gasteiger partial charge in [-0.05, 0) is 53.9 Å². The molecule has 1 aliphatic heterocycles. The van der Waals surface area contributed by atoms with Gasteiger partial charge < -0.3 is 10.2 Å². The average Bonchev–Trinajstić information content (AvgIpc) is 2.91. The predicted molar refractivity (Wildman–Crippen MR) is 97.0 cm³/mol. The van der Waals surface area contributed by atoms with Crippen molar-refractivity contribution >= 4 is 27.6 Å². The third-order valence-electron chi connectivity index (χ3n) is 5.27. The molecular formula is C18H20BrFN4O. The summed E-state index contributed by atoms with van der Waals surface area (Å²) >= 11 is 3.15. The fraction of sp³-hybridized carbons (Fsp3) is 0.444. The number of carbonyl (C=O) groups is 1. The van der Waals surface area contributed by atoms with Gasteiger partial charge in [-0.2, -0.15) is 5.10 Å². The van der Waals surface area contributed by atoms with E-state index in [1.807, 2.05) is 11.8 Å². The molecule has 1 saturated carbocycles. The molecule has 2 amide bonds. The summed E-state index contributed by atoms with van der Waals surface area (Å²) in [6.45, 7) is 2.60. The van der Waals surface area contributed by atoms with E-state index in [-0.39, 0.29) is 17.9 Å². The van der Waals surface area contributed by atoms with Gasteiger partial charge in [0.15, 0.2) is 0 Å². The van der Waals surface area contributed by atoms with Crippen LogP contribution in [-0.4, -0.2) is 27.2 Å². The molecule has 1 aromatic carbocycles. The van der Waals surface area contributed by atoms with Crippen LogP contribution in [0.4, 0.5) is 14.9 Å². The first-order valence-electron chi connectivity index (χ1n) is 8.61. The summed E-state index contributed by atoms with van der Waals surface area (Å²) in [5.74, 6) is 0.184. The van der Waals surface area contributed by atoms with Gasteiger partial charge in [-0.1, -0.05) is 6.42 Å². The predicted octanol–water partition coefficient (Wildman–Crippen LogP) is 4.56. The first kappa shape index (κ1) is 16.6. The fourth-order valence-corrected chi connectivity index (χ4v) is 3.93. The van der Waals surface area contributed by atoms with Crippen molar-refractivity contribution in [1.29, 1.82) is 0 Å². The maximum atomic E-state index is 13.4. The number of carbonyl (C=O) groups excluding carboxylic acids is 1. The quantitative estimate of drug-likeness (QED) is 0.767. The lowest BCUT2D eigenvalue weighted by molar-refractivity contribution is 0.181. The van der Waals surface area contributed by atoms with Crippen LogP contribution in [0.5, 0.6) is 0 Å². The van der Waals surface area contributed by atoms with Crippen LogP contribution in [0.15, 0.2) is 22.7 Å². The third kappa shape index (κ3) is 3.05. The smallest absolute Gasteiger partial charge is 0.317 e. The van der Waals surface area contributed by atoms with Crippen LogP contribution in [0, 0.1) is 5.82 Å². The highest BCUT2D eigenvalue weighted by molar-refractivity contribution is 9.10. The van der Waals surface area contributed by atoms with Gasteiger partial charge in [0.25, 0.3) is 0 Å². The molecule has 1 aromatic heterocycles. The summed E-state index contributed by atoms with van der Waals surface area (Å²) in [4.78, 5) is 14.6. The molecule has 25 heavy (non-hydrogen) atoms. The van der Waals surface area contributed by atoms with Gasteiger partial charge >= 0.3 is 6.03 Å². The first-order valence-corrected chi connectivity index (χ1v) is 9.41. The molecule has 1 atom stereocenters. The van der Waals surface area contributed by atoms with Crippen molar-refractivity contribution in [3.05, 3.63) is 45.4 Å². The molecule has 2 N–H and O–H groups in total. The summed E-state index contributed by atoms with van der Waals surface area (Å²) in [5.41, 5.74) is 4.04. The number of rotatable bonds is 2. The number of aromatic amines is 1. The van der Waals surface area contributed by atoms with Crippen LogP contribution in [0.1, 0.15) is 49.1 Å². The second-order valence-corrected chi connectivity index (χ2v) is 7.79. The summed E-state index contributed by atoms with van der Waals surface area (Å²) in [6.07, 6.45) is 4.40. The molecule has 0 spiro atoms. The van der Waals surface area contributed by atoms with E-state index < -0.39 is 0 Å². The maximum absolute atomic E-state index is 13.4. The number of hydrogen-bond donors (Lipinski definition) is 2. The van der Waals surface area contributed by atoms with Gasteiger partial charge in [0.1, 0.15) is 5.82 Å². The zero-order valence-corrected chi connectivity index (χ0v) is 15.6. The highest BCUT2D eigenvalue weighted by atomic mass is 79.9. The SMILES string of the molecule is CC1Cc2[nH]nc(C3CCC3)c2CN1C(=O)Nc1ccc(F)c(Br)c1. The lowest BCUT2D eigenvalue weighted by Gasteiger charge is -2.34. The minimum absolute atomic E-state index is 0.0751. The van der Waals surface area contributed by atoms with Gasteiger partial charge in [0, 0.05) is 35.3 Å². The molecule has 2 aromatic rings. The number of halogens is 2. The normalized spacial score (nSPS) is 20.1. The lowest BCUT2D eigenvalue weighted by Crippen LogP contribution is -2.45. The van der Waals surface area contributed by atoms with Crippen molar-refractivity contribution in [3.8, 4) is 0 Å². The second kappa shape index (κ2) is 6.44. The molecule has 0 radical (unpaired) electrons. The van der Waals surface area contributed by atoms with E-state index in [0.29, 0.717) is 22.6 Å². The Morgan fingerprint density at radius 1 is 1.44 bits per heavy atom. The number of urea groups is 1. The van der Waals surface area contributed by atoms with E-state index in [1.165, 1.54) is 30.9 Å². The van der Waals surface area contributed by atoms with E-state index in [1.54, 1.807) is 12.1 Å². The van der Waals surface area contributed by atoms with Crippen molar-refractivity contribution in [2.45, 2.75) is 51.1 Å². The van der Waals surface area contributed by atoms with E-state index in [2.05, 4.69) is 31.4 Å². The summed E-state index contributed by atoms with van der Waals surface area (Å²) in [5, 5.41) is 10.6. The zero-order chi connectivity index (χ0) is 17.6. The number of H-pyrrole nitrogens is 1. The number of nitrogens with one attached hydrogen (secondary N) is 2. The average molecular weight is 407 g/mol. The Bertz CT molecular complexity index is 817. The van der Waals surface area contributed by atoms with Crippen molar-refractivity contribution < 1.29 is 9.18 Å². The van der Waals surface area contributed by atoms with Crippen LogP contribution in [0.25, 0.3) is 0 Å². The molecule has 4 rings (SSSR count). The van der Waals surface area contributed by atoms with Crippen molar-refractivity contribution in [1.82, 2.24) is 15.1 Å².